The maximum atomic E-state index is 14.2. The number of benzene rings is 1. The average Bonchev–Trinajstić information content (AvgIpc) is 2.77. The summed E-state index contributed by atoms with van der Waals surface area (Å²) in [6.45, 7) is 4.47. The predicted molar refractivity (Wildman–Crippen MR) is 124 cm³/mol. The minimum absolute atomic E-state index is 0.0145. The van der Waals surface area contributed by atoms with Crippen molar-refractivity contribution in [3.05, 3.63) is 29.3 Å². The second-order valence-electron chi connectivity index (χ2n) is 9.65. The van der Waals surface area contributed by atoms with Gasteiger partial charge in [0.05, 0.1) is 6.61 Å². The van der Waals surface area contributed by atoms with E-state index in [2.05, 4.69) is 6.92 Å². The van der Waals surface area contributed by atoms with Crippen molar-refractivity contribution in [2.24, 2.45) is 17.8 Å². The first-order valence-corrected chi connectivity index (χ1v) is 14.7. The summed E-state index contributed by atoms with van der Waals surface area (Å²) in [5.74, 6) is 1.33. The maximum Gasteiger partial charge on any atom is 0.200 e. The SMILES string of the molecule is CCC[Si]1CCC(C2CCC(CCCCc3ccc(OCC)c(F)c3F)CC2)CC1. The molecule has 4 heteroatoms. The van der Waals surface area contributed by atoms with Gasteiger partial charge in [0, 0.05) is 8.80 Å². The zero-order valence-corrected chi connectivity index (χ0v) is 20.2. The summed E-state index contributed by atoms with van der Waals surface area (Å²) in [5.41, 5.74) is 0.487. The summed E-state index contributed by atoms with van der Waals surface area (Å²) < 4.78 is 33.3. The van der Waals surface area contributed by atoms with Crippen molar-refractivity contribution >= 4 is 8.80 Å². The van der Waals surface area contributed by atoms with Gasteiger partial charge in [-0.25, -0.2) is 4.39 Å². The molecular formula is C26H41F2OSi. The summed E-state index contributed by atoms with van der Waals surface area (Å²) in [7, 11) is 0.0145. The fourth-order valence-corrected chi connectivity index (χ4v) is 8.87. The van der Waals surface area contributed by atoms with Gasteiger partial charge in [0.2, 0.25) is 5.82 Å². The molecule has 0 aromatic heterocycles. The summed E-state index contributed by atoms with van der Waals surface area (Å²) in [4.78, 5) is 0. The van der Waals surface area contributed by atoms with E-state index in [-0.39, 0.29) is 14.5 Å². The molecule has 3 rings (SSSR count). The van der Waals surface area contributed by atoms with Gasteiger partial charge in [0.15, 0.2) is 11.6 Å². The molecule has 1 aromatic rings. The topological polar surface area (TPSA) is 9.23 Å². The highest BCUT2D eigenvalue weighted by atomic mass is 28.3. The fraction of sp³-hybridized carbons (Fsp3) is 0.769. The Labute approximate surface area is 184 Å². The number of halogens is 2. The molecule has 1 nitrogen and oxygen atoms in total. The molecule has 0 N–H and O–H groups in total. The van der Waals surface area contributed by atoms with E-state index in [0.717, 1.165) is 30.6 Å². The van der Waals surface area contributed by atoms with Crippen molar-refractivity contribution in [3.63, 3.8) is 0 Å². The lowest BCUT2D eigenvalue weighted by atomic mass is 9.73. The van der Waals surface area contributed by atoms with Crippen LogP contribution in [0.5, 0.6) is 5.75 Å². The quantitative estimate of drug-likeness (QED) is 0.266. The second-order valence-corrected chi connectivity index (χ2v) is 12.6. The Balaban J connectivity index is 1.32. The molecule has 0 amide bonds. The molecule has 1 aromatic carbocycles. The van der Waals surface area contributed by atoms with Gasteiger partial charge < -0.3 is 4.74 Å². The lowest BCUT2D eigenvalue weighted by Gasteiger charge is -2.37. The predicted octanol–water partition coefficient (Wildman–Crippen LogP) is 8.20. The van der Waals surface area contributed by atoms with Crippen molar-refractivity contribution in [2.45, 2.75) is 103 Å². The number of unbranched alkanes of at least 4 members (excludes halogenated alkanes) is 1. The van der Waals surface area contributed by atoms with E-state index in [1.807, 2.05) is 0 Å². The van der Waals surface area contributed by atoms with E-state index in [0.29, 0.717) is 18.6 Å². The van der Waals surface area contributed by atoms with Gasteiger partial charge in [-0.3, -0.25) is 0 Å². The van der Waals surface area contributed by atoms with Crippen LogP contribution in [0.1, 0.15) is 83.6 Å². The molecule has 1 saturated heterocycles. The molecule has 30 heavy (non-hydrogen) atoms. The first kappa shape index (κ1) is 23.8. The Morgan fingerprint density at radius 2 is 1.60 bits per heavy atom. The first-order valence-electron chi connectivity index (χ1n) is 12.6. The van der Waals surface area contributed by atoms with Crippen LogP contribution >= 0.6 is 0 Å². The zero-order chi connectivity index (χ0) is 21.3. The van der Waals surface area contributed by atoms with Gasteiger partial charge in [0.25, 0.3) is 0 Å². The van der Waals surface area contributed by atoms with E-state index in [1.165, 1.54) is 57.4 Å². The normalized spacial score (nSPS) is 23.6. The van der Waals surface area contributed by atoms with Gasteiger partial charge in [0.1, 0.15) is 0 Å². The second kappa shape index (κ2) is 12.2. The molecular weight excluding hydrogens is 394 g/mol. The highest BCUT2D eigenvalue weighted by Crippen LogP contribution is 2.42. The van der Waals surface area contributed by atoms with Crippen LogP contribution in [0.4, 0.5) is 8.78 Å². The number of hydrogen-bond donors (Lipinski definition) is 0. The lowest BCUT2D eigenvalue weighted by Crippen LogP contribution is -2.28. The summed E-state index contributed by atoms with van der Waals surface area (Å²) in [6.07, 6.45) is 14.0. The monoisotopic (exact) mass is 435 g/mol. The number of hydrogen-bond acceptors (Lipinski definition) is 1. The van der Waals surface area contributed by atoms with Crippen molar-refractivity contribution in [3.8, 4) is 5.75 Å². The van der Waals surface area contributed by atoms with Crippen LogP contribution in [-0.4, -0.2) is 15.4 Å². The van der Waals surface area contributed by atoms with E-state index >= 15 is 0 Å². The molecule has 1 radical (unpaired) electrons. The van der Waals surface area contributed by atoms with Crippen LogP contribution in [0.3, 0.4) is 0 Å². The largest absolute Gasteiger partial charge is 0.491 e. The third-order valence-electron chi connectivity index (χ3n) is 7.63. The van der Waals surface area contributed by atoms with Crippen LogP contribution in [0.25, 0.3) is 0 Å². The average molecular weight is 436 g/mol. The molecule has 1 aliphatic heterocycles. The molecule has 1 heterocycles. The molecule has 169 valence electrons. The van der Waals surface area contributed by atoms with Crippen LogP contribution in [-0.2, 0) is 6.42 Å². The Kier molecular flexibility index (Phi) is 9.67. The minimum atomic E-state index is -0.835. The Morgan fingerprint density at radius 1 is 0.900 bits per heavy atom. The molecule has 0 unspecified atom stereocenters. The smallest absolute Gasteiger partial charge is 0.200 e. The molecule has 1 saturated carbocycles. The number of aryl methyl sites for hydroxylation is 1. The summed E-state index contributed by atoms with van der Waals surface area (Å²) in [5, 5.41) is 0. The van der Waals surface area contributed by atoms with Crippen molar-refractivity contribution in [1.29, 1.82) is 0 Å². The van der Waals surface area contributed by atoms with Gasteiger partial charge in [-0.2, -0.15) is 4.39 Å². The Bertz CT molecular complexity index is 634. The lowest BCUT2D eigenvalue weighted by molar-refractivity contribution is 0.184. The van der Waals surface area contributed by atoms with Gasteiger partial charge in [-0.15, -0.1) is 0 Å². The summed E-state index contributed by atoms with van der Waals surface area (Å²) >= 11 is 0. The Morgan fingerprint density at radius 3 is 2.27 bits per heavy atom. The van der Waals surface area contributed by atoms with Crippen molar-refractivity contribution < 1.29 is 13.5 Å². The van der Waals surface area contributed by atoms with Crippen molar-refractivity contribution in [2.75, 3.05) is 6.61 Å². The van der Waals surface area contributed by atoms with Crippen molar-refractivity contribution in [1.82, 2.24) is 0 Å². The fourth-order valence-electron chi connectivity index (χ4n) is 5.85. The van der Waals surface area contributed by atoms with Crippen LogP contribution in [0.15, 0.2) is 12.1 Å². The summed E-state index contributed by atoms with van der Waals surface area (Å²) in [6, 6.07) is 7.94. The zero-order valence-electron chi connectivity index (χ0n) is 19.2. The van der Waals surface area contributed by atoms with E-state index in [9.17, 15) is 8.78 Å². The maximum absolute atomic E-state index is 14.2. The molecule has 1 aliphatic carbocycles. The van der Waals surface area contributed by atoms with Crippen LogP contribution in [0.2, 0.25) is 18.1 Å². The third-order valence-corrected chi connectivity index (χ3v) is 10.8. The van der Waals surface area contributed by atoms with E-state index < -0.39 is 11.6 Å². The van der Waals surface area contributed by atoms with Crippen LogP contribution in [0, 0.1) is 29.4 Å². The van der Waals surface area contributed by atoms with Gasteiger partial charge in [-0.1, -0.05) is 76.1 Å². The molecule has 2 aliphatic rings. The minimum Gasteiger partial charge on any atom is -0.491 e. The van der Waals surface area contributed by atoms with Gasteiger partial charge in [-0.05, 0) is 62.0 Å². The highest BCUT2D eigenvalue weighted by molar-refractivity contribution is 6.58. The first-order chi connectivity index (χ1) is 14.6. The highest BCUT2D eigenvalue weighted by Gasteiger charge is 2.30. The van der Waals surface area contributed by atoms with Gasteiger partial charge >= 0.3 is 0 Å². The number of rotatable bonds is 10. The van der Waals surface area contributed by atoms with E-state index in [4.69, 9.17) is 4.74 Å². The van der Waals surface area contributed by atoms with E-state index in [1.54, 1.807) is 31.1 Å². The third kappa shape index (κ3) is 6.55. The molecule has 0 bridgehead atoms. The molecule has 0 spiro atoms. The molecule has 2 fully saturated rings. The standard InChI is InChI=1S/C26H41F2OSi/c1-3-17-30-18-15-22(16-19-30)21-11-9-20(10-12-21)7-5-6-8-23-13-14-24(29-4-2)26(28)25(23)27/h13-14,20-22H,3-12,15-19H2,1-2H3. The number of ether oxygens (including phenoxy) is 1. The Hall–Kier alpha value is -0.903. The molecule has 0 atom stereocenters. The van der Waals surface area contributed by atoms with Crippen LogP contribution < -0.4 is 4.74 Å².